The molecule has 0 saturated carbocycles. The molecule has 0 unspecified atom stereocenters. The summed E-state index contributed by atoms with van der Waals surface area (Å²) in [7, 11) is -3.85. The largest absolute Gasteiger partial charge is 0.322 e. The second-order valence-electron chi connectivity index (χ2n) is 5.91. The van der Waals surface area contributed by atoms with Crippen LogP contribution in [0.3, 0.4) is 0 Å². The number of primary sulfonamides is 1. The van der Waals surface area contributed by atoms with E-state index in [0.717, 1.165) is 6.42 Å². The second-order valence-corrected chi connectivity index (χ2v) is 7.47. The number of sulfonamides is 1. The van der Waals surface area contributed by atoms with E-state index in [0.29, 0.717) is 17.2 Å². The van der Waals surface area contributed by atoms with Crippen LogP contribution in [0.2, 0.25) is 0 Å². The van der Waals surface area contributed by atoms with Crippen molar-refractivity contribution in [1.82, 2.24) is 0 Å². The normalized spacial score (nSPS) is 12.7. The van der Waals surface area contributed by atoms with Gasteiger partial charge in [-0.15, -0.1) is 0 Å². The van der Waals surface area contributed by atoms with Crippen molar-refractivity contribution in [3.63, 3.8) is 0 Å². The quantitative estimate of drug-likeness (QED) is 0.869. The Balaban J connectivity index is 2.24. The van der Waals surface area contributed by atoms with Crippen molar-refractivity contribution < 1.29 is 13.2 Å². The molecule has 128 valence electrons. The molecule has 6 heteroatoms. The van der Waals surface area contributed by atoms with Crippen LogP contribution in [0.15, 0.2) is 47.4 Å². The molecule has 0 saturated heterocycles. The first-order valence-corrected chi connectivity index (χ1v) is 9.31. The van der Waals surface area contributed by atoms with Crippen molar-refractivity contribution in [2.75, 3.05) is 5.32 Å². The number of benzene rings is 2. The molecule has 2 aromatic carbocycles. The van der Waals surface area contributed by atoms with E-state index in [-0.39, 0.29) is 16.4 Å². The lowest BCUT2D eigenvalue weighted by Gasteiger charge is -2.12. The molecule has 0 aliphatic rings. The average molecular weight is 346 g/mol. The highest BCUT2D eigenvalue weighted by Gasteiger charge is 2.15. The highest BCUT2D eigenvalue weighted by Crippen LogP contribution is 2.21. The lowest BCUT2D eigenvalue weighted by molar-refractivity contribution is 0.102. The van der Waals surface area contributed by atoms with E-state index in [4.69, 9.17) is 5.14 Å². The topological polar surface area (TPSA) is 89.3 Å². The summed E-state index contributed by atoms with van der Waals surface area (Å²) < 4.78 is 22.9. The lowest BCUT2D eigenvalue weighted by Crippen LogP contribution is -2.17. The van der Waals surface area contributed by atoms with Gasteiger partial charge in [0.15, 0.2) is 0 Å². The average Bonchev–Trinajstić information content (AvgIpc) is 2.54. The van der Waals surface area contributed by atoms with Crippen LogP contribution in [0.4, 0.5) is 5.69 Å². The molecule has 0 aromatic heterocycles. The molecule has 0 radical (unpaired) electrons. The minimum atomic E-state index is -3.85. The van der Waals surface area contributed by atoms with Crippen molar-refractivity contribution in [3.8, 4) is 0 Å². The number of hydrogen-bond acceptors (Lipinski definition) is 3. The van der Waals surface area contributed by atoms with Crippen LogP contribution in [-0.2, 0) is 10.0 Å². The van der Waals surface area contributed by atoms with E-state index in [2.05, 4.69) is 19.2 Å². The fraction of sp³-hybridized carbons (Fsp3) is 0.278. The van der Waals surface area contributed by atoms with Gasteiger partial charge in [0, 0.05) is 11.3 Å². The Hall–Kier alpha value is -2.18. The third-order valence-corrected chi connectivity index (χ3v) is 5.04. The van der Waals surface area contributed by atoms with Crippen LogP contribution in [0.25, 0.3) is 0 Å². The molecule has 0 fully saturated rings. The van der Waals surface area contributed by atoms with Gasteiger partial charge in [-0.05, 0) is 54.7 Å². The molecule has 0 spiro atoms. The second kappa shape index (κ2) is 7.15. The van der Waals surface area contributed by atoms with Crippen molar-refractivity contribution in [1.29, 1.82) is 0 Å². The van der Waals surface area contributed by atoms with Crippen LogP contribution in [-0.4, -0.2) is 14.3 Å². The highest BCUT2D eigenvalue weighted by atomic mass is 32.2. The van der Waals surface area contributed by atoms with Crippen molar-refractivity contribution in [2.45, 2.75) is 38.0 Å². The van der Waals surface area contributed by atoms with Gasteiger partial charge in [-0.1, -0.05) is 32.0 Å². The molecule has 0 heterocycles. The van der Waals surface area contributed by atoms with Crippen LogP contribution in [0.1, 0.15) is 47.7 Å². The standard InChI is InChI=1S/C18H22N2O3S/c1-4-12(2)14-6-8-15(9-7-14)20-18(21)17-11-16(24(19,22)23)10-5-13(17)3/h5-12H,4H2,1-3H3,(H,20,21)(H2,19,22,23)/t12-/m0/s1. The van der Waals surface area contributed by atoms with Gasteiger partial charge in [-0.3, -0.25) is 4.79 Å². The summed E-state index contributed by atoms with van der Waals surface area (Å²) in [5.41, 5.74) is 2.83. The predicted octanol–water partition coefficient (Wildman–Crippen LogP) is 3.41. The first-order valence-electron chi connectivity index (χ1n) is 7.77. The molecule has 0 aliphatic heterocycles. The van der Waals surface area contributed by atoms with Gasteiger partial charge in [-0.25, -0.2) is 13.6 Å². The van der Waals surface area contributed by atoms with Gasteiger partial charge in [0.2, 0.25) is 10.0 Å². The summed E-state index contributed by atoms with van der Waals surface area (Å²) in [6.07, 6.45) is 1.05. The summed E-state index contributed by atoms with van der Waals surface area (Å²) >= 11 is 0. The highest BCUT2D eigenvalue weighted by molar-refractivity contribution is 7.89. The molecule has 24 heavy (non-hydrogen) atoms. The third kappa shape index (κ3) is 4.21. The van der Waals surface area contributed by atoms with Crippen LogP contribution in [0.5, 0.6) is 0 Å². The number of nitrogens with one attached hydrogen (secondary N) is 1. The molecule has 5 nitrogen and oxygen atoms in total. The Morgan fingerprint density at radius 2 is 1.79 bits per heavy atom. The van der Waals surface area contributed by atoms with E-state index in [9.17, 15) is 13.2 Å². The van der Waals surface area contributed by atoms with Gasteiger partial charge in [0.1, 0.15) is 0 Å². The van der Waals surface area contributed by atoms with Gasteiger partial charge in [0.25, 0.3) is 5.91 Å². The minimum absolute atomic E-state index is 0.0784. The first-order chi connectivity index (χ1) is 11.2. The number of amides is 1. The number of rotatable bonds is 5. The Morgan fingerprint density at radius 3 is 2.33 bits per heavy atom. The molecule has 3 N–H and O–H groups in total. The maximum atomic E-state index is 12.4. The van der Waals surface area contributed by atoms with E-state index < -0.39 is 10.0 Å². The van der Waals surface area contributed by atoms with Crippen LogP contribution < -0.4 is 10.5 Å². The lowest BCUT2D eigenvalue weighted by atomic mass is 9.98. The molecule has 0 bridgehead atoms. The number of carbonyl (C=O) groups excluding carboxylic acids is 1. The van der Waals surface area contributed by atoms with Crippen LogP contribution >= 0.6 is 0 Å². The maximum absolute atomic E-state index is 12.4. The van der Waals surface area contributed by atoms with E-state index in [1.54, 1.807) is 13.0 Å². The van der Waals surface area contributed by atoms with Crippen molar-refractivity contribution in [2.24, 2.45) is 5.14 Å². The molecule has 1 atom stereocenters. The number of anilines is 1. The van der Waals surface area contributed by atoms with Crippen molar-refractivity contribution >= 4 is 21.6 Å². The Labute approximate surface area is 142 Å². The first kappa shape index (κ1) is 18.2. The van der Waals surface area contributed by atoms with Gasteiger partial charge >= 0.3 is 0 Å². The monoisotopic (exact) mass is 346 g/mol. The zero-order valence-electron chi connectivity index (χ0n) is 14.0. The van der Waals surface area contributed by atoms with Gasteiger partial charge in [-0.2, -0.15) is 0 Å². The van der Waals surface area contributed by atoms with Crippen LogP contribution in [0, 0.1) is 6.92 Å². The molecular formula is C18H22N2O3S. The smallest absolute Gasteiger partial charge is 0.255 e. The molecule has 2 aromatic rings. The zero-order valence-corrected chi connectivity index (χ0v) is 14.9. The summed E-state index contributed by atoms with van der Waals surface area (Å²) in [5.74, 6) is 0.0951. The van der Waals surface area contributed by atoms with E-state index in [1.807, 2.05) is 24.3 Å². The zero-order chi connectivity index (χ0) is 17.9. The molecular weight excluding hydrogens is 324 g/mol. The SMILES string of the molecule is CC[C@H](C)c1ccc(NC(=O)c2cc(S(N)(=O)=O)ccc2C)cc1. The van der Waals surface area contributed by atoms with Gasteiger partial charge < -0.3 is 5.32 Å². The molecule has 1 amide bonds. The van der Waals surface area contributed by atoms with Gasteiger partial charge in [0.05, 0.1) is 4.90 Å². The summed E-state index contributed by atoms with van der Waals surface area (Å²) in [6.45, 7) is 6.02. The molecule has 2 rings (SSSR count). The summed E-state index contributed by atoms with van der Waals surface area (Å²) in [6, 6.07) is 11.9. The summed E-state index contributed by atoms with van der Waals surface area (Å²) in [5, 5.41) is 7.91. The third-order valence-electron chi connectivity index (χ3n) is 4.13. The predicted molar refractivity (Wildman–Crippen MR) is 95.7 cm³/mol. The summed E-state index contributed by atoms with van der Waals surface area (Å²) in [4.78, 5) is 12.4. The van der Waals surface area contributed by atoms with Crippen molar-refractivity contribution in [3.05, 3.63) is 59.2 Å². The minimum Gasteiger partial charge on any atom is -0.322 e. The Kier molecular flexibility index (Phi) is 5.41. The fourth-order valence-corrected chi connectivity index (χ4v) is 2.89. The van der Waals surface area contributed by atoms with E-state index >= 15 is 0 Å². The number of nitrogens with two attached hydrogens (primary N) is 1. The maximum Gasteiger partial charge on any atom is 0.255 e. The fourth-order valence-electron chi connectivity index (χ4n) is 2.35. The number of hydrogen-bond donors (Lipinski definition) is 2. The number of aryl methyl sites for hydroxylation is 1. The molecule has 0 aliphatic carbocycles. The Bertz CT molecular complexity index is 843. The number of carbonyl (C=O) groups is 1. The van der Waals surface area contributed by atoms with E-state index in [1.165, 1.54) is 17.7 Å². The Morgan fingerprint density at radius 1 is 1.17 bits per heavy atom.